The number of carbonyl (C=O) groups excluding carboxylic acids is 2. The maximum Gasteiger partial charge on any atom is 0.173 e. The van der Waals surface area contributed by atoms with Crippen molar-refractivity contribution in [3.63, 3.8) is 0 Å². The first-order chi connectivity index (χ1) is 38.3. The number of fused-ring (bicyclic) bond motifs is 9. The number of allylic oxidation sites excluding steroid dienone is 2. The van der Waals surface area contributed by atoms with Crippen molar-refractivity contribution in [3.8, 4) is 29.1 Å². The number of anilines is 1. The standard InChI is InChI=1S/C67H76N4O8/c1-4-11-55-49-27-43(26-45-18-20-54(44-14-9-6-10-15-44)56-36-62(75)63(79-3)33-47(56)19-21-60(73)67(78)66(77)57(45)32-49)24-42-22-23-69-64(28-42)71-59-35-58-46(29-50(59)25-41-12-7-5-8-13-41)16-17-48(65(58)76)31-53(72)39-68-37-40(2)51-30-52(70-38-51)34-61(55)74/h5-10,12-17,22,28-30,33,35-36,38,40,43,45,49,53-55,57,61,67-72,74-76,78H,4,11,19,21,23-27,31-32,34,37,39H2,1-3H3/t40-,43-,45-,49-,53-,54+,55+,57-,61+,67-/m0/s1. The van der Waals surface area contributed by atoms with Gasteiger partial charge in [0.05, 0.1) is 25.2 Å². The number of phenolic OH excluding ortho intramolecular Hbond substituents is 2. The van der Waals surface area contributed by atoms with E-state index in [4.69, 9.17) is 4.74 Å². The minimum absolute atomic E-state index is 0.0213. The SMILES string of the molecule is CCC[C@@H]1[C@H]2C[C@@H](CC3=CCNC(=C3)Nc3cc4c(O)c(ccc4cc3Cc3ccccc3)C[C@H](O)CNC[C@H](C)c3c[nH]c(c3)C[C@H]1O)C[C@@H]1C#C[C@H](c3ccccc3)c3cc(O)c(OC)cc3CCC(=O)[C@H](O)C(=O)[C@H]1C2. The Bertz CT molecular complexity index is 3260. The number of aryl methyl sites for hydroxylation is 1. The van der Waals surface area contributed by atoms with Crippen molar-refractivity contribution in [2.75, 3.05) is 32.1 Å². The summed E-state index contributed by atoms with van der Waals surface area (Å²) < 4.78 is 5.53. The molecule has 10 rings (SSSR count). The van der Waals surface area contributed by atoms with Crippen molar-refractivity contribution in [2.45, 2.75) is 115 Å². The zero-order valence-electron chi connectivity index (χ0n) is 45.7. The van der Waals surface area contributed by atoms with Crippen LogP contribution in [0, 0.1) is 41.4 Å². The van der Waals surface area contributed by atoms with Crippen molar-refractivity contribution in [3.05, 3.63) is 178 Å². The molecule has 412 valence electrons. The highest BCUT2D eigenvalue weighted by molar-refractivity contribution is 6.06. The third kappa shape index (κ3) is 12.8. The number of Topliss-reactive ketones (excluding diaryl/α,β-unsaturated/α-hetero) is 2. The highest BCUT2D eigenvalue weighted by atomic mass is 16.5. The van der Waals surface area contributed by atoms with E-state index in [0.717, 1.165) is 68.0 Å². The Morgan fingerprint density at radius 1 is 0.797 bits per heavy atom. The molecule has 2 aliphatic carbocycles. The fourth-order valence-electron chi connectivity index (χ4n) is 13.0. The van der Waals surface area contributed by atoms with Gasteiger partial charge in [0.25, 0.3) is 0 Å². The average Bonchev–Trinajstić information content (AvgIpc) is 3.91. The van der Waals surface area contributed by atoms with E-state index >= 15 is 4.79 Å². The molecule has 9 bridgehead atoms. The number of aliphatic hydroxyl groups excluding tert-OH is 3. The Hall–Kier alpha value is -7.14. The van der Waals surface area contributed by atoms with Crippen LogP contribution >= 0.6 is 0 Å². The summed E-state index contributed by atoms with van der Waals surface area (Å²) in [6.45, 7) is 5.74. The molecule has 0 spiro atoms. The van der Waals surface area contributed by atoms with Gasteiger partial charge in [-0.3, -0.25) is 9.59 Å². The lowest BCUT2D eigenvalue weighted by atomic mass is 9.73. The normalized spacial score (nSPS) is 26.2. The number of hydrogen-bond acceptors (Lipinski definition) is 11. The molecule has 9 N–H and O–H groups in total. The first-order valence-corrected chi connectivity index (χ1v) is 28.5. The van der Waals surface area contributed by atoms with Crippen LogP contribution in [0.4, 0.5) is 5.69 Å². The van der Waals surface area contributed by atoms with Gasteiger partial charge in [-0.25, -0.2) is 0 Å². The number of ketones is 2. The molecular formula is C67H76N4O8. The predicted octanol–water partition coefficient (Wildman–Crippen LogP) is 9.91. The molecule has 10 atom stereocenters. The van der Waals surface area contributed by atoms with E-state index in [2.05, 4.69) is 83.0 Å². The van der Waals surface area contributed by atoms with E-state index in [1.807, 2.05) is 72.9 Å². The number of ether oxygens (including phenoxy) is 1. The molecular weight excluding hydrogens is 989 g/mol. The van der Waals surface area contributed by atoms with Gasteiger partial charge < -0.3 is 51.2 Å². The van der Waals surface area contributed by atoms with Gasteiger partial charge in [0.2, 0.25) is 0 Å². The molecule has 12 heteroatoms. The van der Waals surface area contributed by atoms with Gasteiger partial charge in [0.15, 0.2) is 29.2 Å². The summed E-state index contributed by atoms with van der Waals surface area (Å²) >= 11 is 0. The number of β-amino-alcohol motifs (C(OH)–C–C–N with tert-alkyl or cyclic N) is 1. The van der Waals surface area contributed by atoms with E-state index in [-0.39, 0.29) is 60.2 Å². The van der Waals surface area contributed by atoms with Crippen molar-refractivity contribution in [1.82, 2.24) is 15.6 Å². The lowest BCUT2D eigenvalue weighted by Gasteiger charge is -2.33. The van der Waals surface area contributed by atoms with E-state index < -0.39 is 47.6 Å². The third-order valence-corrected chi connectivity index (χ3v) is 17.2. The number of aromatic hydroxyl groups is 2. The number of methoxy groups -OCH3 is 1. The summed E-state index contributed by atoms with van der Waals surface area (Å²) in [4.78, 5) is 32.7. The number of aromatic nitrogens is 1. The molecule has 4 aliphatic rings. The zero-order chi connectivity index (χ0) is 55.2. The molecule has 12 nitrogen and oxygen atoms in total. The Morgan fingerprint density at radius 2 is 1.59 bits per heavy atom. The molecule has 6 aromatic rings. The summed E-state index contributed by atoms with van der Waals surface area (Å²) in [7, 11) is 1.48. The van der Waals surface area contributed by atoms with Crippen molar-refractivity contribution in [1.29, 1.82) is 0 Å². The highest BCUT2D eigenvalue weighted by Gasteiger charge is 2.43. The number of aliphatic hydroxyl groups is 3. The van der Waals surface area contributed by atoms with E-state index in [1.165, 1.54) is 7.11 Å². The zero-order valence-corrected chi connectivity index (χ0v) is 45.7. The number of dihydropyridines is 1. The van der Waals surface area contributed by atoms with Crippen LogP contribution in [0.5, 0.6) is 17.2 Å². The van der Waals surface area contributed by atoms with Crippen LogP contribution in [-0.4, -0.2) is 87.1 Å². The number of aromatic amines is 1. The maximum absolute atomic E-state index is 15.1. The second-order valence-electron chi connectivity index (χ2n) is 22.8. The van der Waals surface area contributed by atoms with Crippen LogP contribution in [0.2, 0.25) is 0 Å². The number of nitrogens with one attached hydrogen (secondary N) is 4. The number of carbonyl (C=O) groups is 2. The van der Waals surface area contributed by atoms with Gasteiger partial charge in [-0.2, -0.15) is 0 Å². The second-order valence-corrected chi connectivity index (χ2v) is 22.8. The minimum Gasteiger partial charge on any atom is -0.507 e. The van der Waals surface area contributed by atoms with E-state index in [1.54, 1.807) is 12.1 Å². The van der Waals surface area contributed by atoms with Gasteiger partial charge in [0, 0.05) is 73.7 Å². The number of phenols is 2. The van der Waals surface area contributed by atoms with Gasteiger partial charge in [-0.05, 0) is 155 Å². The fourth-order valence-corrected chi connectivity index (χ4v) is 13.0. The predicted molar refractivity (Wildman–Crippen MR) is 310 cm³/mol. The molecule has 3 heterocycles. The van der Waals surface area contributed by atoms with Crippen LogP contribution in [0.25, 0.3) is 10.8 Å². The summed E-state index contributed by atoms with van der Waals surface area (Å²) in [5.41, 5.74) is 9.13. The quantitative estimate of drug-likeness (QED) is 0.0569. The number of rotatable bonds is 6. The Balaban J connectivity index is 1.08. The smallest absolute Gasteiger partial charge is 0.173 e. The van der Waals surface area contributed by atoms with Crippen LogP contribution in [-0.2, 0) is 35.3 Å². The Labute approximate surface area is 464 Å². The number of benzene rings is 5. The second kappa shape index (κ2) is 24.9. The summed E-state index contributed by atoms with van der Waals surface area (Å²) in [6, 6.07) is 33.8. The largest absolute Gasteiger partial charge is 0.507 e. The average molecular weight is 1070 g/mol. The van der Waals surface area contributed by atoms with Crippen LogP contribution in [0.15, 0.2) is 133 Å². The van der Waals surface area contributed by atoms with Gasteiger partial charge in [-0.1, -0.05) is 111 Å². The van der Waals surface area contributed by atoms with Gasteiger partial charge in [-0.15, -0.1) is 0 Å². The number of hydrogen-bond donors (Lipinski definition) is 9. The molecule has 0 amide bonds. The molecule has 79 heavy (non-hydrogen) atoms. The first kappa shape index (κ1) is 55.2. The third-order valence-electron chi connectivity index (χ3n) is 17.2. The Kier molecular flexibility index (Phi) is 17.4. The van der Waals surface area contributed by atoms with E-state index in [0.29, 0.717) is 75.5 Å². The number of H-pyrrole nitrogens is 1. The highest BCUT2D eigenvalue weighted by Crippen LogP contribution is 2.46. The lowest BCUT2D eigenvalue weighted by Crippen LogP contribution is -2.40. The first-order valence-electron chi connectivity index (χ1n) is 28.5. The molecule has 1 aromatic heterocycles. The lowest BCUT2D eigenvalue weighted by molar-refractivity contribution is -0.142. The molecule has 1 saturated carbocycles. The molecule has 0 unspecified atom stereocenters. The molecule has 5 aromatic carbocycles. The van der Waals surface area contributed by atoms with Crippen molar-refractivity contribution in [2.24, 2.45) is 29.6 Å². The van der Waals surface area contributed by atoms with Crippen LogP contribution in [0.1, 0.15) is 115 Å². The topological polar surface area (TPSA) is 196 Å². The molecule has 0 radical (unpaired) electrons. The Morgan fingerprint density at radius 3 is 2.38 bits per heavy atom. The van der Waals surface area contributed by atoms with Crippen LogP contribution in [0.3, 0.4) is 0 Å². The fraction of sp³-hybridized carbons (Fsp3) is 0.403. The van der Waals surface area contributed by atoms with E-state index in [9.17, 15) is 30.3 Å². The summed E-state index contributed by atoms with van der Waals surface area (Å²) in [5, 5.41) is 71.2. The molecule has 0 saturated heterocycles. The van der Waals surface area contributed by atoms with Gasteiger partial charge >= 0.3 is 0 Å². The van der Waals surface area contributed by atoms with Crippen molar-refractivity contribution < 1.29 is 39.9 Å². The summed E-state index contributed by atoms with van der Waals surface area (Å²) in [5.74, 6) is 5.19. The molecule has 1 fully saturated rings. The minimum atomic E-state index is -1.85. The summed E-state index contributed by atoms with van der Waals surface area (Å²) in [6.07, 6.45) is 8.07. The van der Waals surface area contributed by atoms with Crippen molar-refractivity contribution >= 4 is 28.0 Å². The van der Waals surface area contributed by atoms with Crippen LogP contribution < -0.4 is 20.7 Å². The monoisotopic (exact) mass is 1060 g/mol. The maximum atomic E-state index is 15.1. The molecule has 2 aliphatic heterocycles. The van der Waals surface area contributed by atoms with Gasteiger partial charge in [0.1, 0.15) is 11.6 Å².